The second-order valence-electron chi connectivity index (χ2n) is 36.7. The van der Waals surface area contributed by atoms with Crippen molar-refractivity contribution < 1.29 is 92.7 Å². The van der Waals surface area contributed by atoms with Gasteiger partial charge in [0, 0.05) is 170 Å². The van der Waals surface area contributed by atoms with Crippen molar-refractivity contribution in [3.63, 3.8) is 0 Å². The fourth-order valence-corrected chi connectivity index (χ4v) is 17.6. The largest absolute Gasteiger partial charge is 0.470 e. The first-order chi connectivity index (χ1) is 72.8. The Hall–Kier alpha value is -17.4. The number of likely N-dealkylation sites (tertiary alicyclic amines) is 1. The van der Waals surface area contributed by atoms with Crippen LogP contribution in [-0.2, 0) is 71.8 Å². The number of nitrogens with zero attached hydrogens (tertiary/aromatic N) is 25. The average Bonchev–Trinajstić information content (AvgIpc) is 1.60. The molecular weight excluding hydrogens is 1950 g/mol. The monoisotopic (exact) mass is 2040 g/mol. The van der Waals surface area contributed by atoms with Crippen LogP contribution in [0.15, 0.2) is 213 Å². The molecule has 23 rings (SSSR count). The molecule has 3 aliphatic rings. The van der Waals surface area contributed by atoms with Crippen LogP contribution in [0.2, 0.25) is 0 Å². The molecule has 42 nitrogen and oxygen atoms in total. The Kier molecular flexibility index (Phi) is 29.1. The van der Waals surface area contributed by atoms with E-state index in [9.17, 15) is 36.7 Å². The Morgan fingerprint density at radius 1 is 0.373 bits per heavy atom. The predicted octanol–water partition coefficient (Wildman–Crippen LogP) is 16.8. The third kappa shape index (κ3) is 22.3. The van der Waals surface area contributed by atoms with Crippen LogP contribution >= 0.6 is 0 Å². The number of fused-ring (bicyclic) bond motifs is 12. The molecule has 766 valence electrons. The van der Waals surface area contributed by atoms with Gasteiger partial charge in [-0.2, -0.15) is 18.1 Å². The summed E-state index contributed by atoms with van der Waals surface area (Å²) < 4.78 is 127. The van der Waals surface area contributed by atoms with Crippen LogP contribution in [0.5, 0.6) is 23.5 Å². The number of hydrogen-bond donors (Lipinski definition) is 1. The van der Waals surface area contributed by atoms with Crippen LogP contribution in [0.4, 0.5) is 17.6 Å². The van der Waals surface area contributed by atoms with E-state index in [1.54, 1.807) is 138 Å². The molecule has 1 unspecified atom stereocenters. The number of methoxy groups -OCH3 is 4. The maximum atomic E-state index is 14.1. The predicted molar refractivity (Wildman–Crippen MR) is 527 cm³/mol. The summed E-state index contributed by atoms with van der Waals surface area (Å²) in [5, 5.41) is 78.5. The Bertz CT molecular complexity index is 8280. The van der Waals surface area contributed by atoms with E-state index < -0.39 is 17.3 Å². The number of piperidine rings is 1. The highest BCUT2D eigenvalue weighted by Gasteiger charge is 2.41. The van der Waals surface area contributed by atoms with Crippen molar-refractivity contribution in [2.45, 2.75) is 161 Å². The van der Waals surface area contributed by atoms with Crippen molar-refractivity contribution in [1.82, 2.24) is 130 Å². The van der Waals surface area contributed by atoms with Crippen LogP contribution in [0.1, 0.15) is 172 Å². The van der Waals surface area contributed by atoms with Crippen molar-refractivity contribution in [1.29, 1.82) is 0 Å². The van der Waals surface area contributed by atoms with E-state index in [-0.39, 0.29) is 101 Å². The SMILES string of the molecule is COCc1cc(-c2nnc3c4ccccc4c(OCc4ccc(C(=O)CC5CCC(F)(F)C5)cn4)nn23)no1.COCc1cc(-c2nnc3c4ccccc4c(OCc4ccc(C(=O)N5CCC(C)(F)CC5)cn4)nn23)no1.COCc1cc(-c2nnc3c4ccccc4c(OCc4ccc(C(=O)NC5CCC(C)(F)CC5)cn4)nn23)no1.COCc1cc(-c2nnc3c4ccccc4c(OCc4ccc(C(C)=O)cn4)nn23)no1. The maximum Gasteiger partial charge on any atom is 0.255 e. The number of alkyl halides is 4. The summed E-state index contributed by atoms with van der Waals surface area (Å²) in [6.45, 7) is 7.13. The fraction of sp³-hybridized carbons (Fsp3) is 0.308. The van der Waals surface area contributed by atoms with Gasteiger partial charge in [-0.15, -0.1) is 61.2 Å². The third-order valence-corrected chi connectivity index (χ3v) is 25.6. The molecule has 0 bridgehead atoms. The van der Waals surface area contributed by atoms with E-state index in [2.05, 4.69) is 107 Å². The number of amides is 2. The summed E-state index contributed by atoms with van der Waals surface area (Å²) in [6.07, 6.45) is 8.95. The first kappa shape index (κ1) is 99.9. The summed E-state index contributed by atoms with van der Waals surface area (Å²) in [5.41, 5.74) is 6.07. The van der Waals surface area contributed by atoms with Crippen molar-refractivity contribution in [2.75, 3.05) is 41.5 Å². The second kappa shape index (κ2) is 43.7. The van der Waals surface area contributed by atoms with Gasteiger partial charge < -0.3 is 66.2 Å². The van der Waals surface area contributed by atoms with Crippen molar-refractivity contribution >= 4 is 89.1 Å². The molecule has 2 aliphatic carbocycles. The van der Waals surface area contributed by atoms with Gasteiger partial charge in [-0.1, -0.05) is 93.4 Å². The summed E-state index contributed by atoms with van der Waals surface area (Å²) in [4.78, 5) is 68.7. The van der Waals surface area contributed by atoms with E-state index in [0.29, 0.717) is 225 Å². The molecular formula is C104H96F4N26O16. The summed E-state index contributed by atoms with van der Waals surface area (Å²) in [5.74, 6) is 1.73. The summed E-state index contributed by atoms with van der Waals surface area (Å²) >= 11 is 0. The van der Waals surface area contributed by atoms with Crippen LogP contribution in [0.3, 0.4) is 0 Å². The van der Waals surface area contributed by atoms with Gasteiger partial charge >= 0.3 is 0 Å². The molecule has 0 radical (unpaired) electrons. The number of aromatic nitrogens is 24. The fourth-order valence-electron chi connectivity index (χ4n) is 17.6. The molecule has 4 aromatic carbocycles. The smallest absolute Gasteiger partial charge is 0.255 e. The van der Waals surface area contributed by atoms with Gasteiger partial charge in [0.1, 0.15) is 64.2 Å². The molecule has 16 aromatic heterocycles. The van der Waals surface area contributed by atoms with E-state index in [4.69, 9.17) is 56.0 Å². The first-order valence-corrected chi connectivity index (χ1v) is 47.9. The van der Waals surface area contributed by atoms with Gasteiger partial charge in [0.05, 0.1) is 33.9 Å². The highest BCUT2D eigenvalue weighted by Crippen LogP contribution is 2.42. The molecule has 1 aliphatic heterocycles. The number of rotatable bonds is 31. The van der Waals surface area contributed by atoms with Gasteiger partial charge in [-0.05, 0) is 144 Å². The molecule has 20 aromatic rings. The normalized spacial score (nSPS) is 15.8. The molecule has 1 N–H and O–H groups in total. The van der Waals surface area contributed by atoms with Gasteiger partial charge in [-0.25, -0.2) is 17.6 Å². The zero-order valence-corrected chi connectivity index (χ0v) is 82.0. The lowest BCUT2D eigenvalue weighted by Gasteiger charge is -2.34. The molecule has 46 heteroatoms. The number of hydrogen-bond acceptors (Lipinski definition) is 36. The zero-order chi connectivity index (χ0) is 104. The molecule has 0 spiro atoms. The Balaban J connectivity index is 0.000000121. The molecule has 1 atom stereocenters. The molecule has 2 amide bonds. The molecule has 150 heavy (non-hydrogen) atoms. The summed E-state index contributed by atoms with van der Waals surface area (Å²) in [7, 11) is 6.29. The minimum atomic E-state index is -2.67. The second-order valence-corrected chi connectivity index (χ2v) is 36.7. The van der Waals surface area contributed by atoms with E-state index in [0.717, 1.165) is 43.1 Å². The topological polar surface area (TPSA) is 485 Å². The lowest BCUT2D eigenvalue weighted by Crippen LogP contribution is -2.43. The average molecular weight is 2040 g/mol. The van der Waals surface area contributed by atoms with Gasteiger partial charge in [0.15, 0.2) is 80.0 Å². The number of benzene rings is 4. The van der Waals surface area contributed by atoms with Crippen molar-refractivity contribution in [3.05, 3.63) is 263 Å². The van der Waals surface area contributed by atoms with Gasteiger partial charge in [0.2, 0.25) is 52.7 Å². The number of nitrogens with one attached hydrogen (secondary N) is 1. The van der Waals surface area contributed by atoms with Crippen LogP contribution < -0.4 is 24.3 Å². The Labute approximate surface area is 848 Å². The van der Waals surface area contributed by atoms with Crippen molar-refractivity contribution in [3.8, 4) is 69.6 Å². The lowest BCUT2D eigenvalue weighted by atomic mass is 9.85. The number of ketones is 2. The molecule has 1 saturated heterocycles. The summed E-state index contributed by atoms with van der Waals surface area (Å²) in [6, 6.07) is 51.0. The Morgan fingerprint density at radius 2 is 0.687 bits per heavy atom. The third-order valence-electron chi connectivity index (χ3n) is 25.6. The first-order valence-electron chi connectivity index (χ1n) is 47.9. The van der Waals surface area contributed by atoms with Crippen molar-refractivity contribution in [2.24, 2.45) is 5.92 Å². The number of pyridine rings is 4. The number of carbonyl (C=O) groups excluding carboxylic acids is 4. The molecule has 3 fully saturated rings. The van der Waals surface area contributed by atoms with E-state index in [1.807, 2.05) is 97.1 Å². The number of carbonyl (C=O) groups is 4. The number of ether oxygens (including phenoxy) is 8. The number of halogens is 4. The standard InChI is InChI=1S/C28H28FN7O4.C27H24F2N6O4.C27H26FN7O4.C22H18N6O4/c1-28(29)11-9-18(10-12-28)31-26(37)17-7-8-19(30-14-17)15-39-27-22-6-4-3-5-21(22)24-32-33-25(36(24)34-27)23-13-20(16-38-2)40-35-23;1-37-15-19-11-22(34-39-19)25-32-31-24-20-4-2-3-5-21(20)26(33-35(24)25)38-14-18-7-6-17(13-30-18)23(36)10-16-8-9-27(28,29)12-16;1-27(28)9-11-34(12-10-27)26(36)17-7-8-18(29-14-17)15-38-25-21-6-4-3-5-20(21)23-30-31-24(35(23)32-25)22-13-19(16-37-2)39-33-22;1-13(29)14-7-8-15(23-10-14)11-31-22-18-6-4-3-5-17(18)20-24-25-21(28(20)26-22)19-9-16(12-30-2)32-27-19/h3-8,13-14,18H,9-12,15-16H2,1-2H3,(H,31,37);2-7,11,13,16H,8-10,12,14-15H2,1H3;3-8,13-14H,9-12,15-16H2,1-2H3;3-10H,11-12H2,1-2H3. The maximum absolute atomic E-state index is 14.1. The van der Waals surface area contributed by atoms with Gasteiger partial charge in [-0.3, -0.25) is 39.1 Å². The molecule has 2 saturated carbocycles. The lowest BCUT2D eigenvalue weighted by molar-refractivity contribution is 0.00491. The number of Topliss-reactive ketones (excluding diaryl/α,β-unsaturated/α-hetero) is 2. The minimum Gasteiger partial charge on any atom is -0.470 e. The van der Waals surface area contributed by atoms with E-state index >= 15 is 0 Å². The quantitative estimate of drug-likeness (QED) is 0.0311. The minimum absolute atomic E-state index is 0.0278. The highest BCUT2D eigenvalue weighted by molar-refractivity contribution is 6.01. The highest BCUT2D eigenvalue weighted by atomic mass is 19.3. The van der Waals surface area contributed by atoms with Crippen LogP contribution in [-0.4, -0.2) is 213 Å². The van der Waals surface area contributed by atoms with Crippen LogP contribution in [0, 0.1) is 5.92 Å². The van der Waals surface area contributed by atoms with E-state index in [1.165, 1.54) is 31.7 Å². The zero-order valence-electron chi connectivity index (χ0n) is 82.0. The molecule has 17 heterocycles. The van der Waals surface area contributed by atoms with Crippen LogP contribution in [0.25, 0.3) is 112 Å². The Morgan fingerprint density at radius 3 is 0.993 bits per heavy atom. The van der Waals surface area contributed by atoms with Gasteiger partial charge in [0.25, 0.3) is 11.8 Å².